The Labute approximate surface area is 184 Å². The molecule has 1 aromatic rings. The minimum absolute atomic E-state index is 0.161. The quantitative estimate of drug-likeness (QED) is 0.443. The summed E-state index contributed by atoms with van der Waals surface area (Å²) in [4.78, 5) is 15.2. The van der Waals surface area contributed by atoms with Gasteiger partial charge >= 0.3 is 0 Å². The number of rotatable bonds is 6. The second-order valence-corrected chi connectivity index (χ2v) is 10.7. The number of hydrogen-bond acceptors (Lipinski definition) is 4. The summed E-state index contributed by atoms with van der Waals surface area (Å²) in [5, 5.41) is 0.613. The molecule has 4 nitrogen and oxygen atoms in total. The van der Waals surface area contributed by atoms with Crippen LogP contribution in [0.4, 0.5) is 0 Å². The standard InChI is InChI=1S/C25H33NO3S/c27-25(12-8-18-7-11-23-24(13-18)29-17-28-23)26(21-9-10-21)15-22-14-20(16-30-22)19-5-3-1-2-4-6-19/h7-8,11-13,19-22H,1-6,9-10,14-17H2/b12-8+. The molecule has 3 fully saturated rings. The van der Waals surface area contributed by atoms with Gasteiger partial charge in [0.05, 0.1) is 0 Å². The van der Waals surface area contributed by atoms with E-state index in [2.05, 4.69) is 16.7 Å². The number of carbonyl (C=O) groups is 1. The molecule has 2 aliphatic heterocycles. The molecule has 2 saturated carbocycles. The lowest BCUT2D eigenvalue weighted by Gasteiger charge is -2.25. The highest BCUT2D eigenvalue weighted by Crippen LogP contribution is 2.42. The number of nitrogens with zero attached hydrogens (tertiary/aromatic N) is 1. The molecular weight excluding hydrogens is 394 g/mol. The smallest absolute Gasteiger partial charge is 0.246 e. The molecule has 0 N–H and O–H groups in total. The van der Waals surface area contributed by atoms with Gasteiger partial charge in [0.1, 0.15) is 0 Å². The van der Waals surface area contributed by atoms with Crippen molar-refractivity contribution in [3.63, 3.8) is 0 Å². The van der Waals surface area contributed by atoms with Crippen molar-refractivity contribution in [1.82, 2.24) is 4.90 Å². The molecule has 1 aromatic carbocycles. The van der Waals surface area contributed by atoms with E-state index in [0.29, 0.717) is 11.3 Å². The second kappa shape index (κ2) is 9.25. The van der Waals surface area contributed by atoms with Crippen molar-refractivity contribution < 1.29 is 14.3 Å². The van der Waals surface area contributed by atoms with Crippen molar-refractivity contribution in [3.8, 4) is 11.5 Å². The summed E-state index contributed by atoms with van der Waals surface area (Å²) < 4.78 is 10.8. The van der Waals surface area contributed by atoms with Gasteiger partial charge in [0.25, 0.3) is 0 Å². The van der Waals surface area contributed by atoms with Gasteiger partial charge in [-0.25, -0.2) is 0 Å². The van der Waals surface area contributed by atoms with E-state index in [1.54, 1.807) is 6.08 Å². The molecule has 1 saturated heterocycles. The van der Waals surface area contributed by atoms with E-state index in [1.807, 2.05) is 24.3 Å². The predicted molar refractivity (Wildman–Crippen MR) is 122 cm³/mol. The monoisotopic (exact) mass is 427 g/mol. The molecule has 2 atom stereocenters. The summed E-state index contributed by atoms with van der Waals surface area (Å²) in [5.74, 6) is 4.80. The normalized spacial score (nSPS) is 26.8. The van der Waals surface area contributed by atoms with Gasteiger partial charge in [0, 0.05) is 23.9 Å². The molecule has 0 aromatic heterocycles. The first-order valence-corrected chi connectivity index (χ1v) is 12.8. The molecule has 4 aliphatic rings. The Bertz CT molecular complexity index is 783. The Morgan fingerprint density at radius 1 is 1.03 bits per heavy atom. The SMILES string of the molecule is O=C(/C=C/c1ccc2c(c1)OCO2)N(CC1CC(C2CCCCCC2)CS1)C1CC1. The number of fused-ring (bicyclic) bond motifs is 1. The summed E-state index contributed by atoms with van der Waals surface area (Å²) in [5.41, 5.74) is 0.979. The van der Waals surface area contributed by atoms with Gasteiger partial charge in [0.2, 0.25) is 12.7 Å². The summed E-state index contributed by atoms with van der Waals surface area (Å²) in [7, 11) is 0. The third kappa shape index (κ3) is 4.82. The predicted octanol–water partition coefficient (Wildman–Crippen LogP) is 5.51. The van der Waals surface area contributed by atoms with Crippen molar-refractivity contribution in [2.75, 3.05) is 19.1 Å². The van der Waals surface area contributed by atoms with E-state index in [4.69, 9.17) is 9.47 Å². The maximum absolute atomic E-state index is 13.0. The van der Waals surface area contributed by atoms with Crippen LogP contribution in [-0.4, -0.2) is 41.2 Å². The number of carbonyl (C=O) groups excluding carboxylic acids is 1. The van der Waals surface area contributed by atoms with Crippen LogP contribution in [0.2, 0.25) is 0 Å². The van der Waals surface area contributed by atoms with Gasteiger partial charge in [-0.05, 0) is 60.6 Å². The van der Waals surface area contributed by atoms with Crippen molar-refractivity contribution in [2.45, 2.75) is 69.1 Å². The lowest BCUT2D eigenvalue weighted by Crippen LogP contribution is -2.36. The van der Waals surface area contributed by atoms with Gasteiger partial charge in [-0.2, -0.15) is 11.8 Å². The first-order chi connectivity index (χ1) is 14.8. The zero-order chi connectivity index (χ0) is 20.3. The lowest BCUT2D eigenvalue weighted by molar-refractivity contribution is -0.126. The van der Waals surface area contributed by atoms with Gasteiger partial charge in [-0.15, -0.1) is 0 Å². The van der Waals surface area contributed by atoms with E-state index in [0.717, 1.165) is 48.3 Å². The molecule has 30 heavy (non-hydrogen) atoms. The van der Waals surface area contributed by atoms with Crippen LogP contribution in [0.25, 0.3) is 6.08 Å². The third-order valence-electron chi connectivity index (χ3n) is 7.16. The first kappa shape index (κ1) is 20.3. The fourth-order valence-corrected chi connectivity index (χ4v) is 6.85. The Kier molecular flexibility index (Phi) is 6.26. The van der Waals surface area contributed by atoms with Crippen molar-refractivity contribution in [3.05, 3.63) is 29.8 Å². The molecular formula is C25H33NO3S. The number of thioether (sulfide) groups is 1. The molecule has 5 heteroatoms. The van der Waals surface area contributed by atoms with Gasteiger partial charge in [0.15, 0.2) is 11.5 Å². The van der Waals surface area contributed by atoms with Crippen LogP contribution in [0.1, 0.15) is 63.4 Å². The zero-order valence-electron chi connectivity index (χ0n) is 17.8. The van der Waals surface area contributed by atoms with Crippen molar-refractivity contribution in [2.24, 2.45) is 11.8 Å². The van der Waals surface area contributed by atoms with Gasteiger partial charge < -0.3 is 14.4 Å². The number of amides is 1. The minimum Gasteiger partial charge on any atom is -0.454 e. The van der Waals surface area contributed by atoms with E-state index in [9.17, 15) is 4.79 Å². The molecule has 5 rings (SSSR count). The van der Waals surface area contributed by atoms with Gasteiger partial charge in [-0.3, -0.25) is 4.79 Å². The third-order valence-corrected chi connectivity index (χ3v) is 8.60. The van der Waals surface area contributed by atoms with Crippen LogP contribution in [0.5, 0.6) is 11.5 Å². The number of ether oxygens (including phenoxy) is 2. The molecule has 2 aliphatic carbocycles. The Balaban J connectivity index is 1.18. The van der Waals surface area contributed by atoms with Crippen LogP contribution in [-0.2, 0) is 4.79 Å². The maximum Gasteiger partial charge on any atom is 0.246 e. The summed E-state index contributed by atoms with van der Waals surface area (Å²) in [6.45, 7) is 1.20. The van der Waals surface area contributed by atoms with Crippen molar-refractivity contribution in [1.29, 1.82) is 0 Å². The van der Waals surface area contributed by atoms with Gasteiger partial charge in [-0.1, -0.05) is 44.6 Å². The van der Waals surface area contributed by atoms with Crippen molar-refractivity contribution >= 4 is 23.7 Å². The fraction of sp³-hybridized carbons (Fsp3) is 0.640. The Morgan fingerprint density at radius 3 is 2.63 bits per heavy atom. The average molecular weight is 428 g/mol. The average Bonchev–Trinajstić information content (AvgIpc) is 3.41. The molecule has 2 heterocycles. The largest absolute Gasteiger partial charge is 0.454 e. The highest BCUT2D eigenvalue weighted by atomic mass is 32.2. The highest BCUT2D eigenvalue weighted by molar-refractivity contribution is 8.00. The second-order valence-electron chi connectivity index (χ2n) is 9.37. The molecule has 2 unspecified atom stereocenters. The Morgan fingerprint density at radius 2 is 1.83 bits per heavy atom. The fourth-order valence-electron chi connectivity index (χ4n) is 5.28. The summed E-state index contributed by atoms with van der Waals surface area (Å²) in [6, 6.07) is 6.28. The van der Waals surface area contributed by atoms with Crippen LogP contribution in [0.3, 0.4) is 0 Å². The van der Waals surface area contributed by atoms with E-state index in [1.165, 1.54) is 50.7 Å². The van der Waals surface area contributed by atoms with Crippen LogP contribution < -0.4 is 9.47 Å². The molecule has 1 amide bonds. The van der Waals surface area contributed by atoms with Crippen LogP contribution in [0.15, 0.2) is 24.3 Å². The first-order valence-electron chi connectivity index (χ1n) is 11.8. The van der Waals surface area contributed by atoms with Crippen LogP contribution in [0, 0.1) is 11.8 Å². The topological polar surface area (TPSA) is 38.8 Å². The lowest BCUT2D eigenvalue weighted by atomic mass is 9.84. The zero-order valence-corrected chi connectivity index (χ0v) is 18.6. The molecule has 0 bridgehead atoms. The maximum atomic E-state index is 13.0. The molecule has 162 valence electrons. The molecule has 0 spiro atoms. The van der Waals surface area contributed by atoms with Crippen LogP contribution >= 0.6 is 11.8 Å². The van der Waals surface area contributed by atoms with E-state index < -0.39 is 0 Å². The number of hydrogen-bond donors (Lipinski definition) is 0. The summed E-state index contributed by atoms with van der Waals surface area (Å²) >= 11 is 2.12. The minimum atomic E-state index is 0.161. The summed E-state index contributed by atoms with van der Waals surface area (Å²) in [6.07, 6.45) is 15.9. The van der Waals surface area contributed by atoms with E-state index in [-0.39, 0.29) is 12.7 Å². The Hall–Kier alpha value is -1.62. The highest BCUT2D eigenvalue weighted by Gasteiger charge is 2.37. The van der Waals surface area contributed by atoms with E-state index >= 15 is 0 Å². The molecule has 0 radical (unpaired) electrons. The number of benzene rings is 1.